The van der Waals surface area contributed by atoms with Gasteiger partial charge in [0.15, 0.2) is 0 Å². The fourth-order valence-electron chi connectivity index (χ4n) is 2.29. The number of hydrogen-bond acceptors (Lipinski definition) is 3. The number of nitrogens with one attached hydrogen (secondary N) is 1. The van der Waals surface area contributed by atoms with E-state index in [1.807, 2.05) is 38.1 Å². The molecule has 3 nitrogen and oxygen atoms in total. The van der Waals surface area contributed by atoms with Crippen molar-refractivity contribution in [1.82, 2.24) is 5.32 Å². The number of furan rings is 1. The number of ether oxygens (including phenoxy) is 1. The van der Waals surface area contributed by atoms with Crippen LogP contribution < -0.4 is 10.1 Å². The van der Waals surface area contributed by atoms with E-state index in [0.29, 0.717) is 6.04 Å². The first-order valence-electron chi connectivity index (χ1n) is 7.30. The van der Waals surface area contributed by atoms with E-state index in [2.05, 4.69) is 11.4 Å². The summed E-state index contributed by atoms with van der Waals surface area (Å²) >= 11 is 0. The average Bonchev–Trinajstić information content (AvgIpc) is 3.14. The van der Waals surface area contributed by atoms with Crippen molar-refractivity contribution in [3.05, 3.63) is 42.4 Å². The van der Waals surface area contributed by atoms with E-state index >= 15 is 0 Å². The van der Waals surface area contributed by atoms with Crippen LogP contribution in [0.25, 0.3) is 11.1 Å². The second kappa shape index (κ2) is 5.71. The lowest BCUT2D eigenvalue weighted by Gasteiger charge is -2.14. The Bertz CT molecular complexity index is 570. The molecule has 1 fully saturated rings. The van der Waals surface area contributed by atoms with Crippen molar-refractivity contribution in [2.45, 2.75) is 45.4 Å². The van der Waals surface area contributed by atoms with Crippen LogP contribution in [0.15, 0.2) is 41.0 Å². The molecule has 0 radical (unpaired) electrons. The van der Waals surface area contributed by atoms with Crippen LogP contribution >= 0.6 is 0 Å². The molecular formula is C17H21NO2. The van der Waals surface area contributed by atoms with E-state index in [9.17, 15) is 0 Å². The van der Waals surface area contributed by atoms with Gasteiger partial charge >= 0.3 is 0 Å². The molecule has 0 unspecified atom stereocenters. The van der Waals surface area contributed by atoms with Gasteiger partial charge in [-0.25, -0.2) is 0 Å². The molecule has 0 aliphatic heterocycles. The first kappa shape index (κ1) is 13.3. The summed E-state index contributed by atoms with van der Waals surface area (Å²) in [5.41, 5.74) is 2.22. The minimum Gasteiger partial charge on any atom is -0.490 e. The molecule has 1 aromatic heterocycles. The number of hydrogen-bond donors (Lipinski definition) is 1. The van der Waals surface area contributed by atoms with Crippen molar-refractivity contribution in [2.75, 3.05) is 0 Å². The van der Waals surface area contributed by atoms with Gasteiger partial charge in [0.05, 0.1) is 18.9 Å². The van der Waals surface area contributed by atoms with Crippen LogP contribution in [-0.2, 0) is 6.54 Å². The predicted molar refractivity (Wildman–Crippen MR) is 79.8 cm³/mol. The third kappa shape index (κ3) is 3.05. The Morgan fingerprint density at radius 3 is 2.75 bits per heavy atom. The first-order chi connectivity index (χ1) is 9.74. The van der Waals surface area contributed by atoms with Crippen LogP contribution in [0.4, 0.5) is 0 Å². The summed E-state index contributed by atoms with van der Waals surface area (Å²) < 4.78 is 11.5. The van der Waals surface area contributed by atoms with Crippen LogP contribution in [0.2, 0.25) is 0 Å². The van der Waals surface area contributed by atoms with Crippen molar-refractivity contribution in [1.29, 1.82) is 0 Å². The summed E-state index contributed by atoms with van der Waals surface area (Å²) in [5.74, 6) is 1.90. The standard InChI is InChI=1S/C17H21NO2/c1-12(2)20-16-6-4-3-5-14(16)15-9-10-19-17(15)11-18-13-7-8-13/h3-6,9-10,12-13,18H,7-8,11H2,1-2H3. The Hall–Kier alpha value is -1.74. The average molecular weight is 271 g/mol. The fraction of sp³-hybridized carbons (Fsp3) is 0.412. The SMILES string of the molecule is CC(C)Oc1ccccc1-c1ccoc1CNC1CC1. The highest BCUT2D eigenvalue weighted by Crippen LogP contribution is 2.34. The molecule has 1 aromatic carbocycles. The van der Waals surface area contributed by atoms with Gasteiger partial charge < -0.3 is 14.5 Å². The molecule has 20 heavy (non-hydrogen) atoms. The zero-order valence-corrected chi connectivity index (χ0v) is 12.1. The molecule has 106 valence electrons. The molecule has 1 N–H and O–H groups in total. The lowest BCUT2D eigenvalue weighted by atomic mass is 10.1. The highest BCUT2D eigenvalue weighted by Gasteiger charge is 2.22. The third-order valence-corrected chi connectivity index (χ3v) is 3.41. The monoisotopic (exact) mass is 271 g/mol. The van der Waals surface area contributed by atoms with Crippen LogP contribution in [0, 0.1) is 0 Å². The summed E-state index contributed by atoms with van der Waals surface area (Å²) in [4.78, 5) is 0. The maximum atomic E-state index is 5.90. The Morgan fingerprint density at radius 2 is 2.00 bits per heavy atom. The molecule has 0 spiro atoms. The minimum absolute atomic E-state index is 0.163. The quantitative estimate of drug-likeness (QED) is 0.862. The number of rotatable bonds is 6. The van der Waals surface area contributed by atoms with Gasteiger partial charge in [-0.1, -0.05) is 18.2 Å². The Balaban J connectivity index is 1.86. The molecule has 3 heteroatoms. The molecule has 0 saturated heterocycles. The summed E-state index contributed by atoms with van der Waals surface area (Å²) in [6.45, 7) is 4.87. The molecule has 0 atom stereocenters. The Labute approximate surface area is 119 Å². The lowest BCUT2D eigenvalue weighted by Crippen LogP contribution is -2.15. The first-order valence-corrected chi connectivity index (χ1v) is 7.30. The molecule has 0 bridgehead atoms. The highest BCUT2D eigenvalue weighted by molar-refractivity contribution is 5.72. The molecule has 1 aliphatic carbocycles. The van der Waals surface area contributed by atoms with Crippen molar-refractivity contribution < 1.29 is 9.15 Å². The summed E-state index contributed by atoms with van der Waals surface area (Å²) in [6.07, 6.45) is 4.48. The summed E-state index contributed by atoms with van der Waals surface area (Å²) in [7, 11) is 0. The predicted octanol–water partition coefficient (Wildman–Crippen LogP) is 3.99. The summed E-state index contributed by atoms with van der Waals surface area (Å²) in [5, 5.41) is 3.49. The van der Waals surface area contributed by atoms with E-state index < -0.39 is 0 Å². The van der Waals surface area contributed by atoms with Gasteiger partial charge in [-0.05, 0) is 38.8 Å². The summed E-state index contributed by atoms with van der Waals surface area (Å²) in [6, 6.07) is 10.8. The fourth-order valence-corrected chi connectivity index (χ4v) is 2.29. The van der Waals surface area contributed by atoms with E-state index in [1.165, 1.54) is 12.8 Å². The molecule has 1 saturated carbocycles. The normalized spacial score (nSPS) is 14.8. The molecule has 1 heterocycles. The number of para-hydroxylation sites is 1. The second-order valence-electron chi connectivity index (χ2n) is 5.58. The van der Waals surface area contributed by atoms with Gasteiger partial charge in [0.2, 0.25) is 0 Å². The van der Waals surface area contributed by atoms with Crippen LogP contribution in [-0.4, -0.2) is 12.1 Å². The smallest absolute Gasteiger partial charge is 0.127 e. The van der Waals surface area contributed by atoms with E-state index in [-0.39, 0.29) is 6.10 Å². The molecule has 3 rings (SSSR count). The third-order valence-electron chi connectivity index (χ3n) is 3.41. The molecule has 0 amide bonds. The molecular weight excluding hydrogens is 250 g/mol. The van der Waals surface area contributed by atoms with Crippen molar-refractivity contribution in [3.63, 3.8) is 0 Å². The Morgan fingerprint density at radius 1 is 1.20 bits per heavy atom. The van der Waals surface area contributed by atoms with Crippen molar-refractivity contribution >= 4 is 0 Å². The van der Waals surface area contributed by atoms with Crippen molar-refractivity contribution in [2.24, 2.45) is 0 Å². The van der Waals surface area contributed by atoms with Crippen LogP contribution in [0.5, 0.6) is 5.75 Å². The second-order valence-corrected chi connectivity index (χ2v) is 5.58. The minimum atomic E-state index is 0.163. The number of benzene rings is 1. The van der Waals surface area contributed by atoms with Gasteiger partial charge in [-0.3, -0.25) is 0 Å². The van der Waals surface area contributed by atoms with E-state index in [0.717, 1.165) is 29.2 Å². The zero-order valence-electron chi connectivity index (χ0n) is 12.1. The van der Waals surface area contributed by atoms with Gasteiger partial charge in [0.1, 0.15) is 11.5 Å². The van der Waals surface area contributed by atoms with Crippen molar-refractivity contribution in [3.8, 4) is 16.9 Å². The van der Waals surface area contributed by atoms with Gasteiger partial charge in [-0.2, -0.15) is 0 Å². The molecule has 2 aromatic rings. The maximum Gasteiger partial charge on any atom is 0.127 e. The Kier molecular flexibility index (Phi) is 3.79. The van der Waals surface area contributed by atoms with Gasteiger partial charge in [-0.15, -0.1) is 0 Å². The highest BCUT2D eigenvalue weighted by atomic mass is 16.5. The van der Waals surface area contributed by atoms with Gasteiger partial charge in [0, 0.05) is 17.2 Å². The maximum absolute atomic E-state index is 5.90. The van der Waals surface area contributed by atoms with E-state index in [1.54, 1.807) is 6.26 Å². The van der Waals surface area contributed by atoms with Crippen LogP contribution in [0.3, 0.4) is 0 Å². The lowest BCUT2D eigenvalue weighted by molar-refractivity contribution is 0.243. The van der Waals surface area contributed by atoms with E-state index in [4.69, 9.17) is 9.15 Å². The zero-order chi connectivity index (χ0) is 13.9. The topological polar surface area (TPSA) is 34.4 Å². The van der Waals surface area contributed by atoms with Crippen LogP contribution in [0.1, 0.15) is 32.4 Å². The molecule has 1 aliphatic rings. The largest absolute Gasteiger partial charge is 0.490 e. The van der Waals surface area contributed by atoms with Gasteiger partial charge in [0.25, 0.3) is 0 Å².